The van der Waals surface area contributed by atoms with E-state index in [1.54, 1.807) is 6.07 Å². The van der Waals surface area contributed by atoms with Gasteiger partial charge in [0.05, 0.1) is 11.7 Å². The monoisotopic (exact) mass is 586 g/mol. The standard InChI is InChI=1S/C33H40F2N8/c1-20(2)43-22(4)38-32-27(34)16-25(17-29(32)43)31-28(35)19-37-33(40-31)39-30-7-6-24(18-36-30)21(3)23-8-14-42(15-9-23)26-10-12-41(5)13-11-26/h6-7,16-20,23,26H,3,8-15H2,1-2,4-5H3,(H,36,37,39,40). The molecule has 2 saturated heterocycles. The fraction of sp³-hybridized carbons (Fsp3) is 0.455. The van der Waals surface area contributed by atoms with Crippen LogP contribution in [0.25, 0.3) is 27.9 Å². The van der Waals surface area contributed by atoms with Gasteiger partial charge in [0, 0.05) is 23.8 Å². The van der Waals surface area contributed by atoms with Crippen LogP contribution in [0.1, 0.15) is 57.0 Å². The second-order valence-electron chi connectivity index (χ2n) is 12.3. The van der Waals surface area contributed by atoms with Gasteiger partial charge >= 0.3 is 0 Å². The molecule has 43 heavy (non-hydrogen) atoms. The van der Waals surface area contributed by atoms with E-state index in [9.17, 15) is 4.39 Å². The van der Waals surface area contributed by atoms with Crippen LogP contribution in [0.15, 0.2) is 43.2 Å². The molecule has 0 radical (unpaired) electrons. The number of hydrogen-bond donors (Lipinski definition) is 1. The zero-order chi connectivity index (χ0) is 30.2. The van der Waals surface area contributed by atoms with Crippen LogP contribution < -0.4 is 5.32 Å². The van der Waals surface area contributed by atoms with Gasteiger partial charge in [-0.25, -0.2) is 28.7 Å². The summed E-state index contributed by atoms with van der Waals surface area (Å²) >= 11 is 0. The zero-order valence-corrected chi connectivity index (χ0v) is 25.4. The molecule has 226 valence electrons. The van der Waals surface area contributed by atoms with Crippen molar-refractivity contribution < 1.29 is 8.78 Å². The van der Waals surface area contributed by atoms with Crippen LogP contribution in [-0.4, -0.2) is 73.6 Å². The summed E-state index contributed by atoms with van der Waals surface area (Å²) < 4.78 is 31.9. The number of anilines is 2. The number of imidazole rings is 1. The number of piperidine rings is 2. The van der Waals surface area contributed by atoms with Crippen molar-refractivity contribution in [2.75, 3.05) is 38.5 Å². The molecule has 0 atom stereocenters. The molecule has 0 saturated carbocycles. The maximum absolute atomic E-state index is 15.0. The number of nitrogens with one attached hydrogen (secondary N) is 1. The Labute approximate surface area is 251 Å². The molecular formula is C33H40F2N8. The van der Waals surface area contributed by atoms with Crippen LogP contribution in [0.5, 0.6) is 0 Å². The molecular weight excluding hydrogens is 546 g/mol. The van der Waals surface area contributed by atoms with E-state index in [2.05, 4.69) is 48.7 Å². The Balaban J connectivity index is 1.14. The van der Waals surface area contributed by atoms with Crippen LogP contribution in [-0.2, 0) is 0 Å². The lowest BCUT2D eigenvalue weighted by molar-refractivity contribution is 0.0941. The molecule has 8 nitrogen and oxygen atoms in total. The Morgan fingerprint density at radius 2 is 1.70 bits per heavy atom. The van der Waals surface area contributed by atoms with Crippen LogP contribution in [0.4, 0.5) is 20.5 Å². The summed E-state index contributed by atoms with van der Waals surface area (Å²) in [4.78, 5) is 22.5. The van der Waals surface area contributed by atoms with Gasteiger partial charge in [-0.1, -0.05) is 6.58 Å². The van der Waals surface area contributed by atoms with Crippen molar-refractivity contribution in [1.82, 2.24) is 34.3 Å². The number of aromatic nitrogens is 5. The van der Waals surface area contributed by atoms with Gasteiger partial charge in [-0.15, -0.1) is 0 Å². The number of aryl methyl sites for hydroxylation is 1. The van der Waals surface area contributed by atoms with Crippen molar-refractivity contribution in [2.45, 2.75) is 58.5 Å². The summed E-state index contributed by atoms with van der Waals surface area (Å²) in [5, 5.41) is 3.07. The molecule has 0 spiro atoms. The summed E-state index contributed by atoms with van der Waals surface area (Å²) in [6.45, 7) is 14.9. The van der Waals surface area contributed by atoms with Gasteiger partial charge in [0.1, 0.15) is 22.9 Å². The van der Waals surface area contributed by atoms with Gasteiger partial charge in [-0.2, -0.15) is 0 Å². The van der Waals surface area contributed by atoms with Crippen molar-refractivity contribution in [3.63, 3.8) is 0 Å². The van der Waals surface area contributed by atoms with E-state index in [1.807, 2.05) is 43.7 Å². The first kappa shape index (κ1) is 29.3. The van der Waals surface area contributed by atoms with E-state index in [0.717, 1.165) is 43.3 Å². The first-order valence-corrected chi connectivity index (χ1v) is 15.2. The Bertz CT molecular complexity index is 1610. The first-order valence-electron chi connectivity index (χ1n) is 15.2. The molecule has 5 heterocycles. The lowest BCUT2D eigenvalue weighted by atomic mass is 9.85. The lowest BCUT2D eigenvalue weighted by Crippen LogP contribution is -2.46. The third kappa shape index (κ3) is 6.03. The van der Waals surface area contributed by atoms with Gasteiger partial charge in [0.15, 0.2) is 11.6 Å². The van der Waals surface area contributed by atoms with Crippen molar-refractivity contribution in [1.29, 1.82) is 0 Å². The maximum Gasteiger partial charge on any atom is 0.229 e. The number of hydrogen-bond acceptors (Lipinski definition) is 7. The summed E-state index contributed by atoms with van der Waals surface area (Å²) in [5.41, 5.74) is 3.32. The molecule has 0 aliphatic carbocycles. The molecule has 0 amide bonds. The fourth-order valence-electron chi connectivity index (χ4n) is 6.67. The lowest BCUT2D eigenvalue weighted by Gasteiger charge is -2.41. The smallest absolute Gasteiger partial charge is 0.229 e. The average molecular weight is 587 g/mol. The SMILES string of the molecule is C=C(c1ccc(Nc2ncc(F)c(-c3cc(F)c4nc(C)n(C(C)C)c4c3)n2)nc1)C1CCN(C2CCN(C)CC2)CC1. The number of allylic oxidation sites excluding steroid dienone is 1. The molecule has 2 fully saturated rings. The third-order valence-corrected chi connectivity index (χ3v) is 9.06. The van der Waals surface area contributed by atoms with Crippen molar-refractivity contribution in [2.24, 2.45) is 5.92 Å². The number of rotatable bonds is 7. The summed E-state index contributed by atoms with van der Waals surface area (Å²) in [6, 6.07) is 7.63. The predicted molar refractivity (Wildman–Crippen MR) is 167 cm³/mol. The molecule has 3 aromatic heterocycles. The highest BCUT2D eigenvalue weighted by Crippen LogP contribution is 2.33. The highest BCUT2D eigenvalue weighted by molar-refractivity contribution is 5.83. The van der Waals surface area contributed by atoms with E-state index >= 15 is 4.39 Å². The van der Waals surface area contributed by atoms with Gasteiger partial charge in [-0.3, -0.25) is 0 Å². The van der Waals surface area contributed by atoms with E-state index in [0.29, 0.717) is 34.7 Å². The number of halogens is 2. The second-order valence-corrected chi connectivity index (χ2v) is 12.3. The van der Waals surface area contributed by atoms with Crippen molar-refractivity contribution >= 4 is 28.4 Å². The Morgan fingerprint density at radius 3 is 2.37 bits per heavy atom. The van der Waals surface area contributed by atoms with E-state index in [1.165, 1.54) is 32.0 Å². The van der Waals surface area contributed by atoms with E-state index in [-0.39, 0.29) is 23.2 Å². The molecule has 1 N–H and O–H groups in total. The summed E-state index contributed by atoms with van der Waals surface area (Å²) in [5.74, 6) is 0.680. The highest BCUT2D eigenvalue weighted by Gasteiger charge is 2.28. The molecule has 0 unspecified atom stereocenters. The number of benzene rings is 1. The molecule has 2 aliphatic heterocycles. The van der Waals surface area contributed by atoms with Crippen molar-refractivity contribution in [3.05, 3.63) is 66.3 Å². The quantitative estimate of drug-likeness (QED) is 0.261. The van der Waals surface area contributed by atoms with E-state index in [4.69, 9.17) is 0 Å². The number of likely N-dealkylation sites (tertiary alicyclic amines) is 2. The molecule has 4 aromatic rings. The molecule has 0 bridgehead atoms. The summed E-state index contributed by atoms with van der Waals surface area (Å²) in [7, 11) is 2.21. The van der Waals surface area contributed by atoms with Gasteiger partial charge in [0.25, 0.3) is 0 Å². The molecule has 2 aliphatic rings. The Hall–Kier alpha value is -3.76. The topological polar surface area (TPSA) is 75.0 Å². The largest absolute Gasteiger partial charge is 0.326 e. The van der Waals surface area contributed by atoms with Gasteiger partial charge < -0.3 is 19.7 Å². The average Bonchev–Trinajstić information content (AvgIpc) is 3.35. The summed E-state index contributed by atoms with van der Waals surface area (Å²) in [6.07, 6.45) is 7.65. The number of fused-ring (bicyclic) bond motifs is 1. The Morgan fingerprint density at radius 1 is 0.953 bits per heavy atom. The van der Waals surface area contributed by atoms with Crippen LogP contribution in [0.2, 0.25) is 0 Å². The predicted octanol–water partition coefficient (Wildman–Crippen LogP) is 6.62. The molecule has 10 heteroatoms. The first-order chi connectivity index (χ1) is 20.7. The van der Waals surface area contributed by atoms with Crippen LogP contribution >= 0.6 is 0 Å². The normalized spacial score (nSPS) is 17.7. The highest BCUT2D eigenvalue weighted by atomic mass is 19.1. The zero-order valence-electron chi connectivity index (χ0n) is 25.4. The van der Waals surface area contributed by atoms with Crippen molar-refractivity contribution in [3.8, 4) is 11.3 Å². The van der Waals surface area contributed by atoms with Gasteiger partial charge in [-0.05, 0) is 121 Å². The molecule has 6 rings (SSSR count). The van der Waals surface area contributed by atoms with E-state index < -0.39 is 11.6 Å². The minimum Gasteiger partial charge on any atom is -0.326 e. The third-order valence-electron chi connectivity index (χ3n) is 9.06. The minimum absolute atomic E-state index is 0.00375. The van der Waals surface area contributed by atoms with Crippen LogP contribution in [0, 0.1) is 24.5 Å². The number of nitrogens with zero attached hydrogens (tertiary/aromatic N) is 7. The Kier molecular flexibility index (Phi) is 8.24. The maximum atomic E-state index is 15.0. The van der Waals surface area contributed by atoms with Crippen LogP contribution in [0.3, 0.4) is 0 Å². The van der Waals surface area contributed by atoms with Gasteiger partial charge in [0.2, 0.25) is 5.95 Å². The number of pyridine rings is 1. The molecule has 1 aromatic carbocycles. The minimum atomic E-state index is -0.641. The second kappa shape index (κ2) is 12.1. The fourth-order valence-corrected chi connectivity index (χ4v) is 6.67.